The summed E-state index contributed by atoms with van der Waals surface area (Å²) in [6.07, 6.45) is 5.91. The van der Waals surface area contributed by atoms with E-state index in [1.54, 1.807) is 0 Å². The molecule has 3 aliphatic rings. The van der Waals surface area contributed by atoms with Crippen LogP contribution in [0.2, 0.25) is 0 Å². The fourth-order valence-corrected chi connectivity index (χ4v) is 4.72. The van der Waals surface area contributed by atoms with E-state index in [0.29, 0.717) is 52.4 Å². The topological polar surface area (TPSA) is 82.8 Å². The molecule has 0 atom stereocenters. The van der Waals surface area contributed by atoms with Gasteiger partial charge in [0.15, 0.2) is 11.5 Å². The molecule has 3 N–H and O–H groups in total. The molecule has 6 nitrogen and oxygen atoms in total. The standard InChI is InChI=1S/C21H30N2O4/c22-14-20(7-9-25-10-8-20)19(24)23-15-21(5-1-2-6-21)16-3-4-17-18(13-16)27-12-11-26-17/h3-4,13H,1-2,5-12,14-15,22H2,(H,23,24). The van der Waals surface area contributed by atoms with Gasteiger partial charge in [-0.25, -0.2) is 0 Å². The second kappa shape index (κ2) is 7.68. The number of nitrogens with two attached hydrogens (primary N) is 1. The van der Waals surface area contributed by atoms with Gasteiger partial charge in [-0.05, 0) is 43.4 Å². The van der Waals surface area contributed by atoms with Gasteiger partial charge in [0.1, 0.15) is 13.2 Å². The summed E-state index contributed by atoms with van der Waals surface area (Å²) >= 11 is 0. The number of hydrogen-bond donors (Lipinski definition) is 2. The number of fused-ring (bicyclic) bond motifs is 1. The van der Waals surface area contributed by atoms with Crippen molar-refractivity contribution in [2.75, 3.05) is 39.5 Å². The first-order valence-corrected chi connectivity index (χ1v) is 10.1. The van der Waals surface area contributed by atoms with E-state index in [1.165, 1.54) is 18.4 Å². The van der Waals surface area contributed by atoms with Crippen molar-refractivity contribution in [3.8, 4) is 11.5 Å². The first kappa shape index (κ1) is 18.6. The first-order valence-electron chi connectivity index (χ1n) is 10.1. The number of rotatable bonds is 5. The summed E-state index contributed by atoms with van der Waals surface area (Å²) in [7, 11) is 0. The van der Waals surface area contributed by atoms with Crippen LogP contribution in [0, 0.1) is 5.41 Å². The van der Waals surface area contributed by atoms with E-state index in [4.69, 9.17) is 19.9 Å². The molecule has 0 spiro atoms. The lowest BCUT2D eigenvalue weighted by Crippen LogP contribution is -2.51. The number of carbonyl (C=O) groups is 1. The molecule has 1 saturated carbocycles. The van der Waals surface area contributed by atoms with Gasteiger partial charge >= 0.3 is 0 Å². The van der Waals surface area contributed by atoms with Gasteiger partial charge in [0.25, 0.3) is 0 Å². The average Bonchev–Trinajstić information content (AvgIpc) is 3.22. The summed E-state index contributed by atoms with van der Waals surface area (Å²) in [5.41, 5.74) is 6.71. The minimum Gasteiger partial charge on any atom is -0.486 e. The van der Waals surface area contributed by atoms with Gasteiger partial charge in [-0.1, -0.05) is 18.9 Å². The Labute approximate surface area is 160 Å². The Balaban J connectivity index is 1.52. The third-order valence-electron chi connectivity index (χ3n) is 6.62. The second-order valence-electron chi connectivity index (χ2n) is 8.13. The predicted octanol–water partition coefficient (Wildman–Crippen LogP) is 2.14. The molecule has 1 aliphatic carbocycles. The van der Waals surface area contributed by atoms with Crippen LogP contribution in [0.3, 0.4) is 0 Å². The lowest BCUT2D eigenvalue weighted by atomic mass is 9.76. The van der Waals surface area contributed by atoms with Gasteiger partial charge in [0.2, 0.25) is 5.91 Å². The molecule has 1 aromatic rings. The van der Waals surface area contributed by atoms with Crippen molar-refractivity contribution in [1.29, 1.82) is 0 Å². The van der Waals surface area contributed by atoms with Crippen molar-refractivity contribution in [3.63, 3.8) is 0 Å². The fourth-order valence-electron chi connectivity index (χ4n) is 4.72. The molecule has 6 heteroatoms. The molecule has 2 fully saturated rings. The van der Waals surface area contributed by atoms with Crippen LogP contribution in [-0.4, -0.2) is 45.4 Å². The molecule has 4 rings (SSSR count). The van der Waals surface area contributed by atoms with Crippen LogP contribution in [-0.2, 0) is 14.9 Å². The Hall–Kier alpha value is -1.79. The molecular weight excluding hydrogens is 344 g/mol. The summed E-state index contributed by atoms with van der Waals surface area (Å²) in [5, 5.41) is 3.26. The summed E-state index contributed by atoms with van der Waals surface area (Å²) in [6.45, 7) is 3.42. The monoisotopic (exact) mass is 374 g/mol. The van der Waals surface area contributed by atoms with Crippen molar-refractivity contribution in [1.82, 2.24) is 5.32 Å². The zero-order chi connectivity index (χ0) is 18.7. The molecule has 0 radical (unpaired) electrons. The number of ether oxygens (including phenoxy) is 3. The Bertz CT molecular complexity index is 679. The molecule has 1 aromatic carbocycles. The predicted molar refractivity (Wildman–Crippen MR) is 102 cm³/mol. The smallest absolute Gasteiger partial charge is 0.227 e. The number of carbonyl (C=O) groups excluding carboxylic acids is 1. The van der Waals surface area contributed by atoms with Crippen LogP contribution in [0.1, 0.15) is 44.1 Å². The van der Waals surface area contributed by atoms with E-state index in [2.05, 4.69) is 17.4 Å². The normalized spacial score (nSPS) is 23.0. The maximum absolute atomic E-state index is 13.0. The Morgan fingerprint density at radius 1 is 1.00 bits per heavy atom. The van der Waals surface area contributed by atoms with Crippen LogP contribution < -0.4 is 20.5 Å². The van der Waals surface area contributed by atoms with Gasteiger partial charge in [-0.15, -0.1) is 0 Å². The third kappa shape index (κ3) is 3.52. The highest BCUT2D eigenvalue weighted by atomic mass is 16.6. The van der Waals surface area contributed by atoms with Gasteiger partial charge < -0.3 is 25.3 Å². The molecule has 1 saturated heterocycles. The Kier molecular flexibility index (Phi) is 5.28. The van der Waals surface area contributed by atoms with Gasteiger partial charge in [-0.3, -0.25) is 4.79 Å². The minimum atomic E-state index is -0.481. The highest BCUT2D eigenvalue weighted by Crippen LogP contribution is 2.44. The minimum absolute atomic E-state index is 0.0353. The number of benzene rings is 1. The quantitative estimate of drug-likeness (QED) is 0.825. The van der Waals surface area contributed by atoms with E-state index < -0.39 is 5.41 Å². The molecule has 0 bridgehead atoms. The summed E-state index contributed by atoms with van der Waals surface area (Å²) in [4.78, 5) is 13.0. The van der Waals surface area contributed by atoms with Crippen molar-refractivity contribution >= 4 is 5.91 Å². The van der Waals surface area contributed by atoms with E-state index in [0.717, 1.165) is 24.3 Å². The maximum atomic E-state index is 13.0. The summed E-state index contributed by atoms with van der Waals surface area (Å²) in [6, 6.07) is 6.25. The van der Waals surface area contributed by atoms with Crippen LogP contribution in [0.15, 0.2) is 18.2 Å². The van der Waals surface area contributed by atoms with Crippen LogP contribution >= 0.6 is 0 Å². The third-order valence-corrected chi connectivity index (χ3v) is 6.62. The van der Waals surface area contributed by atoms with Gasteiger partial charge in [0, 0.05) is 31.7 Å². The molecule has 0 aromatic heterocycles. The first-order chi connectivity index (χ1) is 13.2. The average molecular weight is 374 g/mol. The maximum Gasteiger partial charge on any atom is 0.227 e. The number of nitrogens with one attached hydrogen (secondary N) is 1. The van der Waals surface area contributed by atoms with Crippen LogP contribution in [0.4, 0.5) is 0 Å². The van der Waals surface area contributed by atoms with Crippen molar-refractivity contribution in [2.45, 2.75) is 43.9 Å². The van der Waals surface area contributed by atoms with E-state index in [-0.39, 0.29) is 11.3 Å². The van der Waals surface area contributed by atoms with E-state index >= 15 is 0 Å². The van der Waals surface area contributed by atoms with Crippen LogP contribution in [0.25, 0.3) is 0 Å². The number of hydrogen-bond acceptors (Lipinski definition) is 5. The van der Waals surface area contributed by atoms with Gasteiger partial charge in [0.05, 0.1) is 5.41 Å². The molecule has 2 aliphatic heterocycles. The zero-order valence-electron chi connectivity index (χ0n) is 15.9. The zero-order valence-corrected chi connectivity index (χ0v) is 15.9. The second-order valence-corrected chi connectivity index (χ2v) is 8.13. The van der Waals surface area contributed by atoms with Crippen LogP contribution in [0.5, 0.6) is 11.5 Å². The number of amides is 1. The SMILES string of the molecule is NCC1(C(=O)NCC2(c3ccc4c(c3)OCCO4)CCCC2)CCOCC1. The molecular formula is C21H30N2O4. The Morgan fingerprint density at radius 3 is 2.41 bits per heavy atom. The highest BCUT2D eigenvalue weighted by molar-refractivity contribution is 5.83. The van der Waals surface area contributed by atoms with Gasteiger partial charge in [-0.2, -0.15) is 0 Å². The van der Waals surface area contributed by atoms with Crippen molar-refractivity contribution in [2.24, 2.45) is 11.1 Å². The summed E-state index contributed by atoms with van der Waals surface area (Å²) < 4.78 is 16.9. The molecule has 148 valence electrons. The van der Waals surface area contributed by atoms with E-state index in [1.807, 2.05) is 6.07 Å². The molecule has 2 heterocycles. The highest BCUT2D eigenvalue weighted by Gasteiger charge is 2.42. The Morgan fingerprint density at radius 2 is 1.70 bits per heavy atom. The van der Waals surface area contributed by atoms with Crippen molar-refractivity contribution in [3.05, 3.63) is 23.8 Å². The largest absolute Gasteiger partial charge is 0.486 e. The molecule has 27 heavy (non-hydrogen) atoms. The molecule has 1 amide bonds. The lowest BCUT2D eigenvalue weighted by Gasteiger charge is -2.37. The van der Waals surface area contributed by atoms with E-state index in [9.17, 15) is 4.79 Å². The molecule has 0 unspecified atom stereocenters. The van der Waals surface area contributed by atoms with Crippen molar-refractivity contribution < 1.29 is 19.0 Å². The fraction of sp³-hybridized carbons (Fsp3) is 0.667. The lowest BCUT2D eigenvalue weighted by molar-refractivity contribution is -0.136. The summed E-state index contributed by atoms with van der Waals surface area (Å²) in [5.74, 6) is 1.71.